The minimum Gasteiger partial charge on any atom is -0.481 e. The molecule has 84 valence electrons. The van der Waals surface area contributed by atoms with Crippen molar-refractivity contribution < 1.29 is 14.2 Å². The Morgan fingerprint density at radius 3 is 2.20 bits per heavy atom. The smallest absolute Gasteiger partial charge is 0.278 e. The van der Waals surface area contributed by atoms with Gasteiger partial charge in [0.15, 0.2) is 0 Å². The molecule has 0 N–H and O–H groups in total. The van der Waals surface area contributed by atoms with E-state index in [-0.39, 0.29) is 5.15 Å². The summed E-state index contributed by atoms with van der Waals surface area (Å²) < 4.78 is 14.9. The molecule has 0 bridgehead atoms. The van der Waals surface area contributed by atoms with E-state index in [0.29, 0.717) is 11.4 Å². The van der Waals surface area contributed by atoms with E-state index in [2.05, 4.69) is 4.98 Å². The third-order valence-corrected chi connectivity index (χ3v) is 2.68. The summed E-state index contributed by atoms with van der Waals surface area (Å²) in [5, 5.41) is -1.25. The third-order valence-electron chi connectivity index (χ3n) is 1.88. The molecule has 0 saturated carbocycles. The Balaban J connectivity index is 3.14. The molecule has 1 rings (SSSR count). The van der Waals surface area contributed by atoms with E-state index in [1.165, 1.54) is 21.3 Å². The van der Waals surface area contributed by atoms with Crippen LogP contribution < -0.4 is 4.74 Å². The second kappa shape index (κ2) is 4.99. The van der Waals surface area contributed by atoms with E-state index in [9.17, 15) is 0 Å². The highest BCUT2D eigenvalue weighted by Crippen LogP contribution is 2.35. The zero-order chi connectivity index (χ0) is 11.5. The molecule has 6 heteroatoms. The molecule has 0 fully saturated rings. The van der Waals surface area contributed by atoms with Gasteiger partial charge in [-0.3, -0.25) is 0 Å². The highest BCUT2D eigenvalue weighted by Gasteiger charge is 2.32. The number of hydrogen-bond donors (Lipinski definition) is 0. The van der Waals surface area contributed by atoms with Gasteiger partial charge >= 0.3 is 0 Å². The lowest BCUT2D eigenvalue weighted by atomic mass is 10.2. The van der Waals surface area contributed by atoms with Crippen LogP contribution in [0.2, 0.25) is 5.15 Å². The largest absolute Gasteiger partial charge is 0.481 e. The molecule has 0 saturated heterocycles. The molecule has 0 aliphatic heterocycles. The van der Waals surface area contributed by atoms with Gasteiger partial charge in [0.2, 0.25) is 5.88 Å². The van der Waals surface area contributed by atoms with E-state index in [1.807, 2.05) is 0 Å². The molecule has 1 heterocycles. The fourth-order valence-corrected chi connectivity index (χ4v) is 1.53. The third kappa shape index (κ3) is 2.52. The van der Waals surface area contributed by atoms with E-state index >= 15 is 0 Å². The van der Waals surface area contributed by atoms with E-state index < -0.39 is 5.25 Å². The maximum atomic E-state index is 6.02. The van der Waals surface area contributed by atoms with Crippen LogP contribution in [0.4, 0.5) is 0 Å². The molecular weight excluding hydrogens is 241 g/mol. The van der Waals surface area contributed by atoms with Crippen LogP contribution in [-0.4, -0.2) is 26.3 Å². The zero-order valence-corrected chi connectivity index (χ0v) is 10.1. The van der Waals surface area contributed by atoms with Gasteiger partial charge in [-0.15, -0.1) is 0 Å². The SMILES string of the molecule is COc1ccc(C(Cl)(OC)OC)c(Cl)n1. The number of methoxy groups -OCH3 is 3. The summed E-state index contributed by atoms with van der Waals surface area (Å²) in [6.45, 7) is 0. The first-order valence-electron chi connectivity index (χ1n) is 4.07. The summed E-state index contributed by atoms with van der Waals surface area (Å²) in [6, 6.07) is 3.25. The summed E-state index contributed by atoms with van der Waals surface area (Å²) in [7, 11) is 4.33. The topological polar surface area (TPSA) is 40.6 Å². The lowest BCUT2D eigenvalue weighted by Crippen LogP contribution is -2.24. The minimum atomic E-state index is -1.42. The number of ether oxygens (including phenoxy) is 3. The van der Waals surface area contributed by atoms with Crippen LogP contribution >= 0.6 is 23.2 Å². The van der Waals surface area contributed by atoms with Crippen molar-refractivity contribution in [2.24, 2.45) is 0 Å². The van der Waals surface area contributed by atoms with Crippen molar-refractivity contribution in [2.75, 3.05) is 21.3 Å². The van der Waals surface area contributed by atoms with E-state index in [0.717, 1.165) is 0 Å². The van der Waals surface area contributed by atoms with Crippen molar-refractivity contribution in [3.8, 4) is 5.88 Å². The summed E-state index contributed by atoms with van der Waals surface area (Å²) in [5.74, 6) is 0.398. The normalized spacial score (nSPS) is 11.5. The van der Waals surface area contributed by atoms with Crippen LogP contribution in [0.25, 0.3) is 0 Å². The lowest BCUT2D eigenvalue weighted by molar-refractivity contribution is -0.148. The Labute approximate surface area is 98.1 Å². The molecule has 0 spiro atoms. The molecule has 4 nitrogen and oxygen atoms in total. The van der Waals surface area contributed by atoms with Gasteiger partial charge in [-0.2, -0.15) is 0 Å². The molecule has 0 atom stereocenters. The first-order chi connectivity index (χ1) is 7.07. The van der Waals surface area contributed by atoms with Gasteiger partial charge < -0.3 is 14.2 Å². The highest BCUT2D eigenvalue weighted by atomic mass is 35.5. The number of halogens is 2. The average molecular weight is 252 g/mol. The first kappa shape index (κ1) is 12.5. The van der Waals surface area contributed by atoms with Gasteiger partial charge in [-0.1, -0.05) is 23.2 Å². The number of nitrogens with zero attached hydrogens (tertiary/aromatic N) is 1. The number of pyridine rings is 1. The second-order valence-electron chi connectivity index (χ2n) is 2.64. The van der Waals surface area contributed by atoms with Crippen molar-refractivity contribution >= 4 is 23.2 Å². The molecule has 1 aromatic rings. The van der Waals surface area contributed by atoms with Crippen LogP contribution in [0, 0.1) is 0 Å². The summed E-state index contributed by atoms with van der Waals surface area (Å²) in [4.78, 5) is 3.95. The molecule has 0 aliphatic rings. The summed E-state index contributed by atoms with van der Waals surface area (Å²) in [5.41, 5.74) is 0.427. The van der Waals surface area contributed by atoms with Crippen molar-refractivity contribution in [2.45, 2.75) is 5.25 Å². The monoisotopic (exact) mass is 251 g/mol. The summed E-state index contributed by atoms with van der Waals surface area (Å²) in [6.07, 6.45) is 0. The van der Waals surface area contributed by atoms with Crippen LogP contribution in [-0.2, 0) is 14.7 Å². The predicted molar refractivity (Wildman–Crippen MR) is 57.3 cm³/mol. The van der Waals surface area contributed by atoms with Crippen LogP contribution in [0.1, 0.15) is 5.56 Å². The zero-order valence-electron chi connectivity index (χ0n) is 8.58. The molecular formula is C9H11Cl2NO3. The maximum absolute atomic E-state index is 6.02. The van der Waals surface area contributed by atoms with Crippen LogP contribution in [0.15, 0.2) is 12.1 Å². The Kier molecular flexibility index (Phi) is 4.16. The van der Waals surface area contributed by atoms with Crippen molar-refractivity contribution in [3.05, 3.63) is 22.8 Å². The Morgan fingerprint density at radius 2 is 1.80 bits per heavy atom. The minimum absolute atomic E-state index is 0.174. The number of alkyl halides is 1. The Morgan fingerprint density at radius 1 is 1.20 bits per heavy atom. The lowest BCUT2D eigenvalue weighted by Gasteiger charge is -2.24. The van der Waals surface area contributed by atoms with Gasteiger partial charge in [0.1, 0.15) is 5.15 Å². The molecule has 15 heavy (non-hydrogen) atoms. The van der Waals surface area contributed by atoms with Crippen molar-refractivity contribution in [3.63, 3.8) is 0 Å². The standard InChI is InChI=1S/C9H11Cl2NO3/c1-13-7-5-4-6(8(10)12-7)9(11,14-2)15-3/h4-5H,1-3H3. The molecule has 0 aromatic carbocycles. The van der Waals surface area contributed by atoms with Crippen LogP contribution in [0.5, 0.6) is 5.88 Å². The van der Waals surface area contributed by atoms with Crippen molar-refractivity contribution in [1.29, 1.82) is 0 Å². The van der Waals surface area contributed by atoms with Crippen molar-refractivity contribution in [1.82, 2.24) is 4.98 Å². The number of hydrogen-bond acceptors (Lipinski definition) is 4. The van der Waals surface area contributed by atoms with Gasteiger partial charge in [0.05, 0.1) is 12.7 Å². The maximum Gasteiger partial charge on any atom is 0.278 e. The fourth-order valence-electron chi connectivity index (χ4n) is 1.06. The summed E-state index contributed by atoms with van der Waals surface area (Å²) >= 11 is 11.9. The highest BCUT2D eigenvalue weighted by molar-refractivity contribution is 6.32. The van der Waals surface area contributed by atoms with Gasteiger partial charge in [0.25, 0.3) is 5.25 Å². The molecule has 0 unspecified atom stereocenters. The Hall–Kier alpha value is -0.550. The molecule has 0 aliphatic carbocycles. The molecule has 1 aromatic heterocycles. The number of rotatable bonds is 4. The average Bonchev–Trinajstić information content (AvgIpc) is 2.27. The second-order valence-corrected chi connectivity index (χ2v) is 3.49. The van der Waals surface area contributed by atoms with Gasteiger partial charge in [-0.05, 0) is 6.07 Å². The van der Waals surface area contributed by atoms with Crippen LogP contribution in [0.3, 0.4) is 0 Å². The molecule has 0 radical (unpaired) electrons. The molecule has 0 amide bonds. The Bertz CT molecular complexity index is 342. The quantitative estimate of drug-likeness (QED) is 0.468. The number of aromatic nitrogens is 1. The van der Waals surface area contributed by atoms with E-state index in [1.54, 1.807) is 12.1 Å². The fraction of sp³-hybridized carbons (Fsp3) is 0.444. The van der Waals surface area contributed by atoms with Gasteiger partial charge in [-0.25, -0.2) is 4.98 Å². The first-order valence-corrected chi connectivity index (χ1v) is 4.83. The van der Waals surface area contributed by atoms with Gasteiger partial charge in [0, 0.05) is 20.3 Å². The van der Waals surface area contributed by atoms with E-state index in [4.69, 9.17) is 37.4 Å². The predicted octanol–water partition coefficient (Wildman–Crippen LogP) is 2.39.